The van der Waals surface area contributed by atoms with Gasteiger partial charge in [0.25, 0.3) is 5.56 Å². The highest BCUT2D eigenvalue weighted by Gasteiger charge is 2.18. The van der Waals surface area contributed by atoms with Gasteiger partial charge in [0.15, 0.2) is 0 Å². The SMILES string of the molecule is CCc1nc2sc3c(c2c(=O)[nH]1)CCNC3. The largest absolute Gasteiger partial charge is 0.312 e. The summed E-state index contributed by atoms with van der Waals surface area (Å²) in [6.45, 7) is 3.82. The second kappa shape index (κ2) is 3.68. The van der Waals surface area contributed by atoms with Crippen LogP contribution in [0.2, 0.25) is 0 Å². The van der Waals surface area contributed by atoms with Crippen LogP contribution in [0.1, 0.15) is 23.2 Å². The van der Waals surface area contributed by atoms with Gasteiger partial charge in [-0.25, -0.2) is 4.98 Å². The molecule has 0 atom stereocenters. The highest BCUT2D eigenvalue weighted by atomic mass is 32.1. The molecule has 0 spiro atoms. The second-order valence-electron chi connectivity index (χ2n) is 3.98. The molecule has 0 saturated heterocycles. The van der Waals surface area contributed by atoms with Crippen LogP contribution in [0.5, 0.6) is 0 Å². The lowest BCUT2D eigenvalue weighted by atomic mass is 10.1. The molecule has 16 heavy (non-hydrogen) atoms. The number of nitrogens with one attached hydrogen (secondary N) is 2. The van der Waals surface area contributed by atoms with Crippen LogP contribution in [0.25, 0.3) is 10.2 Å². The van der Waals surface area contributed by atoms with Crippen LogP contribution in [-0.2, 0) is 19.4 Å². The molecule has 5 heteroatoms. The lowest BCUT2D eigenvalue weighted by molar-refractivity contribution is 0.657. The van der Waals surface area contributed by atoms with E-state index in [2.05, 4.69) is 15.3 Å². The average molecular weight is 235 g/mol. The zero-order valence-electron chi connectivity index (χ0n) is 9.09. The standard InChI is InChI=1S/C11H13N3OS/c1-2-8-13-10(15)9-6-3-4-12-5-7(6)16-11(9)14-8/h12H,2-5H2,1H3,(H,13,14,15). The number of hydrogen-bond donors (Lipinski definition) is 2. The molecule has 0 fully saturated rings. The van der Waals surface area contributed by atoms with Gasteiger partial charge >= 0.3 is 0 Å². The molecule has 84 valence electrons. The molecular weight excluding hydrogens is 222 g/mol. The zero-order valence-corrected chi connectivity index (χ0v) is 9.91. The van der Waals surface area contributed by atoms with E-state index in [-0.39, 0.29) is 5.56 Å². The number of hydrogen-bond acceptors (Lipinski definition) is 4. The number of aryl methyl sites for hydroxylation is 1. The quantitative estimate of drug-likeness (QED) is 0.780. The maximum absolute atomic E-state index is 12.0. The molecule has 1 aliphatic rings. The van der Waals surface area contributed by atoms with Crippen molar-refractivity contribution in [3.8, 4) is 0 Å². The molecule has 0 bridgehead atoms. The minimum atomic E-state index is 0.0289. The van der Waals surface area contributed by atoms with Crippen molar-refractivity contribution in [2.45, 2.75) is 26.3 Å². The molecule has 0 amide bonds. The Kier molecular flexibility index (Phi) is 2.29. The molecular formula is C11H13N3OS. The summed E-state index contributed by atoms with van der Waals surface area (Å²) in [5, 5.41) is 4.14. The lowest BCUT2D eigenvalue weighted by Crippen LogP contribution is -2.23. The smallest absolute Gasteiger partial charge is 0.259 e. The van der Waals surface area contributed by atoms with Gasteiger partial charge in [-0.1, -0.05) is 6.92 Å². The third kappa shape index (κ3) is 1.39. The fraction of sp³-hybridized carbons (Fsp3) is 0.455. The van der Waals surface area contributed by atoms with Crippen molar-refractivity contribution in [1.29, 1.82) is 0 Å². The summed E-state index contributed by atoms with van der Waals surface area (Å²) >= 11 is 1.65. The van der Waals surface area contributed by atoms with Gasteiger partial charge in [0.1, 0.15) is 10.7 Å². The Hall–Kier alpha value is -1.20. The van der Waals surface area contributed by atoms with E-state index in [1.165, 1.54) is 10.4 Å². The topological polar surface area (TPSA) is 57.8 Å². The monoisotopic (exact) mass is 235 g/mol. The minimum Gasteiger partial charge on any atom is -0.312 e. The van der Waals surface area contributed by atoms with Gasteiger partial charge in [0, 0.05) is 17.8 Å². The van der Waals surface area contributed by atoms with Crippen molar-refractivity contribution in [3.63, 3.8) is 0 Å². The molecule has 0 saturated carbocycles. The van der Waals surface area contributed by atoms with E-state index in [0.717, 1.165) is 42.0 Å². The summed E-state index contributed by atoms with van der Waals surface area (Å²) in [7, 11) is 0. The van der Waals surface area contributed by atoms with Gasteiger partial charge in [-0.15, -0.1) is 11.3 Å². The molecule has 2 aromatic heterocycles. The Bertz CT molecular complexity index is 599. The summed E-state index contributed by atoms with van der Waals surface area (Å²) in [6.07, 6.45) is 1.71. The maximum atomic E-state index is 12.0. The molecule has 4 nitrogen and oxygen atoms in total. The van der Waals surface area contributed by atoms with Crippen LogP contribution >= 0.6 is 11.3 Å². The van der Waals surface area contributed by atoms with Gasteiger partial charge in [-0.3, -0.25) is 4.79 Å². The summed E-state index contributed by atoms with van der Waals surface area (Å²) in [5.41, 5.74) is 1.23. The Balaban J connectivity index is 2.34. The van der Waals surface area contributed by atoms with E-state index in [1.54, 1.807) is 11.3 Å². The van der Waals surface area contributed by atoms with E-state index < -0.39 is 0 Å². The van der Waals surface area contributed by atoms with Crippen molar-refractivity contribution >= 4 is 21.6 Å². The molecule has 3 heterocycles. The Labute approximate surface area is 96.7 Å². The summed E-state index contributed by atoms with van der Waals surface area (Å²) in [4.78, 5) is 21.5. The van der Waals surface area contributed by atoms with Crippen molar-refractivity contribution in [2.75, 3.05) is 6.54 Å². The van der Waals surface area contributed by atoms with E-state index in [4.69, 9.17) is 0 Å². The van der Waals surface area contributed by atoms with Crippen molar-refractivity contribution in [1.82, 2.24) is 15.3 Å². The van der Waals surface area contributed by atoms with E-state index in [9.17, 15) is 4.79 Å². The normalized spacial score (nSPS) is 15.3. The van der Waals surface area contributed by atoms with Crippen LogP contribution in [0.4, 0.5) is 0 Å². The number of fused-ring (bicyclic) bond motifs is 3. The number of rotatable bonds is 1. The predicted molar refractivity (Wildman–Crippen MR) is 65.0 cm³/mol. The Morgan fingerprint density at radius 2 is 2.38 bits per heavy atom. The van der Waals surface area contributed by atoms with E-state index in [1.807, 2.05) is 6.92 Å². The third-order valence-electron chi connectivity index (χ3n) is 2.97. The Morgan fingerprint density at radius 3 is 3.19 bits per heavy atom. The zero-order chi connectivity index (χ0) is 11.1. The van der Waals surface area contributed by atoms with E-state index >= 15 is 0 Å². The second-order valence-corrected chi connectivity index (χ2v) is 5.06. The third-order valence-corrected chi connectivity index (χ3v) is 4.09. The molecule has 0 aliphatic carbocycles. The molecule has 2 aromatic rings. The number of aromatic amines is 1. The first kappa shape index (κ1) is 9.99. The number of H-pyrrole nitrogens is 1. The summed E-state index contributed by atoms with van der Waals surface area (Å²) in [6, 6.07) is 0. The fourth-order valence-corrected chi connectivity index (χ4v) is 3.35. The molecule has 3 rings (SSSR count). The van der Waals surface area contributed by atoms with Crippen LogP contribution in [-0.4, -0.2) is 16.5 Å². The average Bonchev–Trinajstić information content (AvgIpc) is 2.67. The highest BCUT2D eigenvalue weighted by molar-refractivity contribution is 7.18. The van der Waals surface area contributed by atoms with Crippen LogP contribution in [0.3, 0.4) is 0 Å². The van der Waals surface area contributed by atoms with E-state index in [0.29, 0.717) is 0 Å². The summed E-state index contributed by atoms with van der Waals surface area (Å²) < 4.78 is 0. The Morgan fingerprint density at radius 1 is 1.50 bits per heavy atom. The van der Waals surface area contributed by atoms with Gasteiger partial charge in [0.2, 0.25) is 0 Å². The van der Waals surface area contributed by atoms with Crippen molar-refractivity contribution < 1.29 is 0 Å². The van der Waals surface area contributed by atoms with Crippen molar-refractivity contribution in [3.05, 3.63) is 26.6 Å². The lowest BCUT2D eigenvalue weighted by Gasteiger charge is -2.11. The van der Waals surface area contributed by atoms with Gasteiger partial charge < -0.3 is 10.3 Å². The molecule has 0 radical (unpaired) electrons. The number of aromatic nitrogens is 2. The van der Waals surface area contributed by atoms with Crippen LogP contribution < -0.4 is 10.9 Å². The fourth-order valence-electron chi connectivity index (χ4n) is 2.14. The minimum absolute atomic E-state index is 0.0289. The number of thiophene rings is 1. The van der Waals surface area contributed by atoms with Crippen LogP contribution in [0.15, 0.2) is 4.79 Å². The number of nitrogens with zero attached hydrogens (tertiary/aromatic N) is 1. The van der Waals surface area contributed by atoms with Gasteiger partial charge in [-0.2, -0.15) is 0 Å². The summed E-state index contributed by atoms with van der Waals surface area (Å²) in [5.74, 6) is 0.782. The predicted octanol–water partition coefficient (Wildman–Crippen LogP) is 1.19. The molecule has 0 unspecified atom stereocenters. The first-order valence-electron chi connectivity index (χ1n) is 5.53. The molecule has 1 aliphatic heterocycles. The maximum Gasteiger partial charge on any atom is 0.259 e. The molecule has 2 N–H and O–H groups in total. The first-order chi connectivity index (χ1) is 7.79. The highest BCUT2D eigenvalue weighted by Crippen LogP contribution is 2.29. The molecule has 0 aromatic carbocycles. The van der Waals surface area contributed by atoms with Crippen molar-refractivity contribution in [2.24, 2.45) is 0 Å². The van der Waals surface area contributed by atoms with Crippen LogP contribution in [0, 0.1) is 0 Å². The van der Waals surface area contributed by atoms with Gasteiger partial charge in [0.05, 0.1) is 5.39 Å². The van der Waals surface area contributed by atoms with Gasteiger partial charge in [-0.05, 0) is 18.5 Å². The first-order valence-corrected chi connectivity index (χ1v) is 6.35.